The summed E-state index contributed by atoms with van der Waals surface area (Å²) in [6, 6.07) is 21.7. The summed E-state index contributed by atoms with van der Waals surface area (Å²) >= 11 is 1.22. The maximum atomic E-state index is 12.7. The van der Waals surface area contributed by atoms with E-state index in [-0.39, 0.29) is 12.2 Å². The van der Waals surface area contributed by atoms with E-state index in [1.165, 1.54) is 17.4 Å². The van der Waals surface area contributed by atoms with Crippen molar-refractivity contribution < 1.29 is 9.53 Å². The smallest absolute Gasteiger partial charge is 0.349 e. The van der Waals surface area contributed by atoms with Gasteiger partial charge in [0.25, 0.3) is 5.56 Å². The minimum absolute atomic E-state index is 0.183. The van der Waals surface area contributed by atoms with Crippen LogP contribution in [-0.4, -0.2) is 17.1 Å². The molecule has 5 nitrogen and oxygen atoms in total. The fourth-order valence-electron chi connectivity index (χ4n) is 3.27. The van der Waals surface area contributed by atoms with Crippen molar-refractivity contribution in [2.75, 3.05) is 6.61 Å². The molecule has 6 heteroatoms. The fraction of sp³-hybridized carbons (Fsp3) is 0.0870. The van der Waals surface area contributed by atoms with Gasteiger partial charge in [-0.2, -0.15) is 5.26 Å². The van der Waals surface area contributed by atoms with Crippen molar-refractivity contribution in [2.45, 2.75) is 6.92 Å². The van der Waals surface area contributed by atoms with Gasteiger partial charge < -0.3 is 4.74 Å². The SMILES string of the molecule is CCOC(=O)c1sc2c(ccc(=O)n2-c2ccccc2)c1-c1cccc(C#N)c1. The molecule has 0 bridgehead atoms. The second-order valence-electron chi connectivity index (χ2n) is 6.28. The highest BCUT2D eigenvalue weighted by molar-refractivity contribution is 7.21. The van der Waals surface area contributed by atoms with Crippen LogP contribution in [0.3, 0.4) is 0 Å². The highest BCUT2D eigenvalue weighted by Gasteiger charge is 2.23. The van der Waals surface area contributed by atoms with E-state index in [0.29, 0.717) is 20.8 Å². The molecule has 2 heterocycles. The van der Waals surface area contributed by atoms with Gasteiger partial charge in [-0.1, -0.05) is 30.3 Å². The molecule has 2 aromatic carbocycles. The second kappa shape index (κ2) is 7.74. The highest BCUT2D eigenvalue weighted by atomic mass is 32.1. The van der Waals surface area contributed by atoms with Crippen LogP contribution in [0.2, 0.25) is 0 Å². The number of para-hydroxylation sites is 1. The van der Waals surface area contributed by atoms with Gasteiger partial charge in [-0.15, -0.1) is 11.3 Å². The largest absolute Gasteiger partial charge is 0.462 e. The monoisotopic (exact) mass is 400 g/mol. The lowest BCUT2D eigenvalue weighted by Crippen LogP contribution is -2.16. The molecule has 4 rings (SSSR count). The summed E-state index contributed by atoms with van der Waals surface area (Å²) in [6.07, 6.45) is 0. The van der Waals surface area contributed by atoms with Crippen molar-refractivity contribution in [2.24, 2.45) is 0 Å². The Morgan fingerprint density at radius 2 is 1.90 bits per heavy atom. The Morgan fingerprint density at radius 3 is 2.62 bits per heavy atom. The lowest BCUT2D eigenvalue weighted by atomic mass is 10.0. The van der Waals surface area contributed by atoms with Crippen LogP contribution >= 0.6 is 11.3 Å². The number of carbonyl (C=O) groups excluding carboxylic acids is 1. The van der Waals surface area contributed by atoms with E-state index in [0.717, 1.165) is 16.6 Å². The molecule has 4 aromatic rings. The predicted octanol–water partition coefficient (Wildman–Crippen LogP) is 4.77. The summed E-state index contributed by atoms with van der Waals surface area (Å²) < 4.78 is 6.87. The molecule has 0 aliphatic rings. The highest BCUT2D eigenvalue weighted by Crippen LogP contribution is 2.39. The summed E-state index contributed by atoms with van der Waals surface area (Å²) in [7, 11) is 0. The first-order chi connectivity index (χ1) is 14.1. The average molecular weight is 400 g/mol. The van der Waals surface area contributed by atoms with Crippen LogP contribution < -0.4 is 5.56 Å². The van der Waals surface area contributed by atoms with E-state index in [4.69, 9.17) is 4.74 Å². The van der Waals surface area contributed by atoms with Crippen molar-refractivity contribution in [1.29, 1.82) is 5.26 Å². The van der Waals surface area contributed by atoms with Crippen LogP contribution in [0.4, 0.5) is 0 Å². The number of aromatic nitrogens is 1. The zero-order valence-corrected chi connectivity index (χ0v) is 16.4. The topological polar surface area (TPSA) is 72.1 Å². The van der Waals surface area contributed by atoms with E-state index in [1.54, 1.807) is 35.8 Å². The normalized spacial score (nSPS) is 10.6. The molecular formula is C23H16N2O3S. The number of hydrogen-bond donors (Lipinski definition) is 0. The molecule has 0 saturated heterocycles. The summed E-state index contributed by atoms with van der Waals surface area (Å²) in [5, 5.41) is 10.0. The van der Waals surface area contributed by atoms with Gasteiger partial charge in [-0.05, 0) is 42.8 Å². The van der Waals surface area contributed by atoms with Crippen LogP contribution in [0.5, 0.6) is 0 Å². The molecule has 0 spiro atoms. The molecule has 0 radical (unpaired) electrons. The second-order valence-corrected chi connectivity index (χ2v) is 7.28. The van der Waals surface area contributed by atoms with Crippen LogP contribution in [0.1, 0.15) is 22.2 Å². The predicted molar refractivity (Wildman–Crippen MR) is 114 cm³/mol. The summed E-state index contributed by atoms with van der Waals surface area (Å²) in [6.45, 7) is 2.00. The van der Waals surface area contributed by atoms with Crippen molar-refractivity contribution in [3.05, 3.63) is 87.5 Å². The molecule has 0 amide bonds. The number of hydrogen-bond acceptors (Lipinski definition) is 5. The molecule has 29 heavy (non-hydrogen) atoms. The van der Waals surface area contributed by atoms with Gasteiger partial charge in [0.1, 0.15) is 9.71 Å². The van der Waals surface area contributed by atoms with Gasteiger partial charge in [0.2, 0.25) is 0 Å². The lowest BCUT2D eigenvalue weighted by Gasteiger charge is -2.08. The Hall–Kier alpha value is -3.69. The number of pyridine rings is 1. The molecule has 0 fully saturated rings. The number of nitriles is 1. The van der Waals surface area contributed by atoms with Crippen molar-refractivity contribution in [1.82, 2.24) is 4.57 Å². The summed E-state index contributed by atoms with van der Waals surface area (Å²) in [5.74, 6) is -0.446. The number of ether oxygens (including phenoxy) is 1. The number of benzene rings is 2. The first-order valence-corrected chi connectivity index (χ1v) is 9.87. The third-order valence-electron chi connectivity index (χ3n) is 4.50. The minimum Gasteiger partial charge on any atom is -0.462 e. The fourth-order valence-corrected chi connectivity index (χ4v) is 4.51. The molecule has 2 aromatic heterocycles. The third kappa shape index (κ3) is 3.33. The molecule has 0 N–H and O–H groups in total. The number of fused-ring (bicyclic) bond motifs is 1. The van der Waals surface area contributed by atoms with Crippen molar-refractivity contribution in [3.63, 3.8) is 0 Å². The van der Waals surface area contributed by atoms with E-state index in [9.17, 15) is 14.9 Å². The quantitative estimate of drug-likeness (QED) is 0.463. The Labute approximate surface area is 171 Å². The Morgan fingerprint density at radius 1 is 1.10 bits per heavy atom. The number of esters is 1. The van der Waals surface area contributed by atoms with Crippen molar-refractivity contribution >= 4 is 27.5 Å². The Bertz CT molecular complexity index is 1310. The van der Waals surface area contributed by atoms with Gasteiger partial charge in [0.05, 0.1) is 23.9 Å². The van der Waals surface area contributed by atoms with Gasteiger partial charge >= 0.3 is 5.97 Å². The van der Waals surface area contributed by atoms with Gasteiger partial charge in [0.15, 0.2) is 0 Å². The molecule has 142 valence electrons. The number of thiophene rings is 1. The molecule has 0 saturated carbocycles. The minimum atomic E-state index is -0.446. The molecule has 0 aliphatic carbocycles. The first-order valence-electron chi connectivity index (χ1n) is 9.05. The Balaban J connectivity index is 2.08. The Kier molecular flexibility index (Phi) is 4.98. The zero-order chi connectivity index (χ0) is 20.4. The van der Waals surface area contributed by atoms with E-state index >= 15 is 0 Å². The third-order valence-corrected chi connectivity index (χ3v) is 5.67. The molecule has 0 aliphatic heterocycles. The van der Waals surface area contributed by atoms with Crippen LogP contribution in [-0.2, 0) is 4.74 Å². The van der Waals surface area contributed by atoms with Gasteiger partial charge in [-0.3, -0.25) is 9.36 Å². The van der Waals surface area contributed by atoms with Crippen LogP contribution in [0.15, 0.2) is 71.5 Å². The maximum Gasteiger partial charge on any atom is 0.349 e. The first kappa shape index (κ1) is 18.7. The summed E-state index contributed by atoms with van der Waals surface area (Å²) in [5.41, 5.74) is 2.43. The van der Waals surface area contributed by atoms with E-state index in [2.05, 4.69) is 6.07 Å². The van der Waals surface area contributed by atoms with Crippen molar-refractivity contribution in [3.8, 4) is 22.9 Å². The number of nitrogens with zero attached hydrogens (tertiary/aromatic N) is 2. The van der Waals surface area contributed by atoms with Crippen LogP contribution in [0, 0.1) is 11.3 Å². The van der Waals surface area contributed by atoms with E-state index < -0.39 is 5.97 Å². The average Bonchev–Trinajstić information content (AvgIpc) is 3.14. The zero-order valence-electron chi connectivity index (χ0n) is 15.6. The van der Waals surface area contributed by atoms with Gasteiger partial charge in [-0.25, -0.2) is 4.79 Å². The standard InChI is InChI=1S/C23H16N2O3S/c1-2-28-23(27)21-20(16-8-6-7-15(13-16)14-24)18-11-12-19(26)25(22(18)29-21)17-9-4-3-5-10-17/h3-13H,2H2,1H3. The number of rotatable bonds is 4. The van der Waals surface area contributed by atoms with E-state index in [1.807, 2.05) is 36.4 Å². The van der Waals surface area contributed by atoms with Crippen LogP contribution in [0.25, 0.3) is 27.0 Å². The van der Waals surface area contributed by atoms with Gasteiger partial charge in [0, 0.05) is 17.0 Å². The maximum absolute atomic E-state index is 12.7. The molecule has 0 atom stereocenters. The molecule has 0 unspecified atom stereocenters. The number of carbonyl (C=O) groups is 1. The summed E-state index contributed by atoms with van der Waals surface area (Å²) in [4.78, 5) is 26.5. The lowest BCUT2D eigenvalue weighted by molar-refractivity contribution is 0.0533. The molecular weight excluding hydrogens is 384 g/mol.